The average molecular weight is 285 g/mol. The molecule has 0 aliphatic heterocycles. The van der Waals surface area contributed by atoms with Crippen LogP contribution in [0, 0.1) is 6.92 Å². The summed E-state index contributed by atoms with van der Waals surface area (Å²) >= 11 is 0.739. The van der Waals surface area contributed by atoms with E-state index < -0.39 is 33.9 Å². The highest BCUT2D eigenvalue weighted by Gasteiger charge is 2.27. The number of halogens is 2. The number of alkyl halides is 2. The molecule has 0 radical (unpaired) electrons. The van der Waals surface area contributed by atoms with Gasteiger partial charge < -0.3 is 5.11 Å². The third-order valence-corrected chi connectivity index (χ3v) is 4.63. The van der Waals surface area contributed by atoms with Gasteiger partial charge in [-0.05, 0) is 17.9 Å². The van der Waals surface area contributed by atoms with Gasteiger partial charge in [-0.1, -0.05) is 0 Å². The minimum Gasteiger partial charge on any atom is -0.477 e. The van der Waals surface area contributed by atoms with Crippen molar-refractivity contribution < 1.29 is 27.1 Å². The Morgan fingerprint density at radius 2 is 2.18 bits per heavy atom. The third-order valence-electron chi connectivity index (χ3n) is 1.81. The fourth-order valence-electron chi connectivity index (χ4n) is 1.16. The van der Waals surface area contributed by atoms with Crippen molar-refractivity contribution in [1.29, 1.82) is 0 Å². The lowest BCUT2D eigenvalue weighted by Gasteiger charge is -2.06. The smallest absolute Gasteiger partial charge is 0.347 e. The first-order valence-corrected chi connectivity index (χ1v) is 6.71. The van der Waals surface area contributed by atoms with Crippen molar-refractivity contribution in [2.24, 2.45) is 0 Å². The molecule has 0 amide bonds. The zero-order valence-corrected chi connectivity index (χ0v) is 10.2. The summed E-state index contributed by atoms with van der Waals surface area (Å²) in [5.74, 6) is -1.40. The number of hydrogen-bond donors (Lipinski definition) is 2. The molecule has 2 N–H and O–H groups in total. The lowest BCUT2D eigenvalue weighted by molar-refractivity contribution is 0.0698. The number of carbonyl (C=O) groups is 1. The Morgan fingerprint density at radius 1 is 1.59 bits per heavy atom. The lowest BCUT2D eigenvalue weighted by atomic mass is 10.3. The summed E-state index contributed by atoms with van der Waals surface area (Å²) in [5, 5.41) is 10.1. The SMILES string of the molecule is Cc1csc(C(=O)O)c1S(=O)(=O)NCC(F)F. The van der Waals surface area contributed by atoms with Gasteiger partial charge in [0.1, 0.15) is 9.77 Å². The molecule has 96 valence electrons. The summed E-state index contributed by atoms with van der Waals surface area (Å²) in [6.45, 7) is 0.358. The van der Waals surface area contributed by atoms with Crippen LogP contribution in [0.3, 0.4) is 0 Å². The van der Waals surface area contributed by atoms with Crippen LogP contribution in [0.15, 0.2) is 10.3 Å². The molecule has 1 heterocycles. The minimum absolute atomic E-state index is 0.217. The second-order valence-electron chi connectivity index (χ2n) is 3.13. The minimum atomic E-state index is -4.22. The quantitative estimate of drug-likeness (QED) is 0.854. The number of aromatic carboxylic acids is 1. The molecule has 0 aromatic carbocycles. The van der Waals surface area contributed by atoms with Crippen LogP contribution < -0.4 is 4.72 Å². The lowest BCUT2D eigenvalue weighted by Crippen LogP contribution is -2.29. The van der Waals surface area contributed by atoms with Crippen molar-refractivity contribution in [1.82, 2.24) is 4.72 Å². The van der Waals surface area contributed by atoms with Crippen LogP contribution in [0.4, 0.5) is 8.78 Å². The molecule has 0 spiro atoms. The average Bonchev–Trinajstić information content (AvgIpc) is 2.58. The van der Waals surface area contributed by atoms with Gasteiger partial charge in [-0.15, -0.1) is 11.3 Å². The van der Waals surface area contributed by atoms with E-state index in [1.165, 1.54) is 12.3 Å². The zero-order valence-electron chi connectivity index (χ0n) is 8.61. The Labute approximate surface area is 100 Å². The Kier molecular flexibility index (Phi) is 4.17. The highest BCUT2D eigenvalue weighted by molar-refractivity contribution is 7.89. The molecule has 0 fully saturated rings. The van der Waals surface area contributed by atoms with Crippen molar-refractivity contribution in [3.63, 3.8) is 0 Å². The predicted molar refractivity (Wildman–Crippen MR) is 57.2 cm³/mol. The van der Waals surface area contributed by atoms with Crippen molar-refractivity contribution in [3.8, 4) is 0 Å². The summed E-state index contributed by atoms with van der Waals surface area (Å²) < 4.78 is 48.8. The summed E-state index contributed by atoms with van der Waals surface area (Å²) in [6, 6.07) is 0. The number of carboxylic acid groups (broad SMARTS) is 1. The molecule has 5 nitrogen and oxygen atoms in total. The summed E-state index contributed by atoms with van der Waals surface area (Å²) in [6.07, 6.45) is -2.84. The number of rotatable bonds is 5. The van der Waals surface area contributed by atoms with Crippen molar-refractivity contribution in [2.75, 3.05) is 6.54 Å². The van der Waals surface area contributed by atoms with Gasteiger partial charge in [0, 0.05) is 0 Å². The van der Waals surface area contributed by atoms with Gasteiger partial charge in [0.05, 0.1) is 6.54 Å². The van der Waals surface area contributed by atoms with Crippen LogP contribution in [0.5, 0.6) is 0 Å². The van der Waals surface area contributed by atoms with E-state index in [2.05, 4.69) is 0 Å². The Hall–Kier alpha value is -1.06. The molecule has 0 unspecified atom stereocenters. The van der Waals surface area contributed by atoms with E-state index in [9.17, 15) is 22.0 Å². The van der Waals surface area contributed by atoms with Gasteiger partial charge in [0.25, 0.3) is 6.43 Å². The molecule has 0 bridgehead atoms. The van der Waals surface area contributed by atoms with Crippen molar-refractivity contribution in [2.45, 2.75) is 18.2 Å². The van der Waals surface area contributed by atoms with Crippen LogP contribution in [0.25, 0.3) is 0 Å². The molecule has 1 aromatic heterocycles. The number of aryl methyl sites for hydroxylation is 1. The van der Waals surface area contributed by atoms with E-state index in [4.69, 9.17) is 5.11 Å². The molecule has 1 rings (SSSR count). The van der Waals surface area contributed by atoms with E-state index in [1.54, 1.807) is 4.72 Å². The van der Waals surface area contributed by atoms with E-state index in [-0.39, 0.29) is 10.4 Å². The van der Waals surface area contributed by atoms with Crippen LogP contribution in [-0.4, -0.2) is 32.5 Å². The van der Waals surface area contributed by atoms with E-state index in [1.807, 2.05) is 0 Å². The summed E-state index contributed by atoms with van der Waals surface area (Å²) in [4.78, 5) is 9.96. The van der Waals surface area contributed by atoms with Crippen molar-refractivity contribution in [3.05, 3.63) is 15.8 Å². The number of carboxylic acids is 1. The zero-order chi connectivity index (χ0) is 13.2. The monoisotopic (exact) mass is 285 g/mol. The molecular formula is C8H9F2NO4S2. The van der Waals surface area contributed by atoms with Crippen LogP contribution in [0.1, 0.15) is 15.2 Å². The van der Waals surface area contributed by atoms with Gasteiger partial charge >= 0.3 is 5.97 Å². The first-order valence-electron chi connectivity index (χ1n) is 4.35. The summed E-state index contributed by atoms with van der Waals surface area (Å²) in [5.41, 5.74) is 0.217. The van der Waals surface area contributed by atoms with E-state index >= 15 is 0 Å². The van der Waals surface area contributed by atoms with Gasteiger partial charge in [-0.3, -0.25) is 0 Å². The third kappa shape index (κ3) is 3.20. The maximum Gasteiger partial charge on any atom is 0.347 e. The fourth-order valence-corrected chi connectivity index (χ4v) is 3.79. The Morgan fingerprint density at radius 3 is 2.65 bits per heavy atom. The highest BCUT2D eigenvalue weighted by atomic mass is 32.2. The molecule has 9 heteroatoms. The number of hydrogen-bond acceptors (Lipinski definition) is 4. The topological polar surface area (TPSA) is 83.5 Å². The molecule has 0 atom stereocenters. The molecule has 0 aliphatic carbocycles. The molecule has 0 aliphatic rings. The van der Waals surface area contributed by atoms with Crippen LogP contribution in [-0.2, 0) is 10.0 Å². The number of sulfonamides is 1. The number of thiophene rings is 1. The second kappa shape index (κ2) is 5.07. The first kappa shape index (κ1) is 14.0. The Balaban J connectivity index is 3.14. The van der Waals surface area contributed by atoms with Crippen LogP contribution in [0.2, 0.25) is 0 Å². The normalized spacial score (nSPS) is 12.0. The van der Waals surface area contributed by atoms with Gasteiger partial charge in [0.15, 0.2) is 0 Å². The molecule has 0 saturated heterocycles. The summed E-state index contributed by atoms with van der Waals surface area (Å²) in [7, 11) is -4.22. The van der Waals surface area contributed by atoms with Gasteiger partial charge in [-0.2, -0.15) is 0 Å². The molecule has 0 saturated carbocycles. The maximum absolute atomic E-state index is 11.9. The van der Waals surface area contributed by atoms with E-state index in [0.717, 1.165) is 11.3 Å². The number of nitrogens with one attached hydrogen (secondary N) is 1. The Bertz CT molecular complexity index is 524. The van der Waals surface area contributed by atoms with Gasteiger partial charge in [0.2, 0.25) is 10.0 Å². The fraction of sp³-hybridized carbons (Fsp3) is 0.375. The first-order chi connectivity index (χ1) is 7.75. The predicted octanol–water partition coefficient (Wildman–Crippen LogP) is 1.30. The second-order valence-corrected chi connectivity index (χ2v) is 5.71. The van der Waals surface area contributed by atoms with Gasteiger partial charge in [-0.25, -0.2) is 26.7 Å². The van der Waals surface area contributed by atoms with Crippen molar-refractivity contribution >= 4 is 27.3 Å². The van der Waals surface area contributed by atoms with E-state index in [0.29, 0.717) is 0 Å². The molecule has 1 aromatic rings. The standard InChI is InChI=1S/C8H9F2NO4S2/c1-4-3-16-6(8(12)13)7(4)17(14,15)11-2-5(9)10/h3,5,11H,2H2,1H3,(H,12,13). The maximum atomic E-state index is 11.9. The molecule has 17 heavy (non-hydrogen) atoms. The highest BCUT2D eigenvalue weighted by Crippen LogP contribution is 2.26. The largest absolute Gasteiger partial charge is 0.477 e. The van der Waals surface area contributed by atoms with Crippen LogP contribution >= 0.6 is 11.3 Å². The molecular weight excluding hydrogens is 276 g/mol.